The number of hydrogen-bond donors (Lipinski definition) is 2. The Morgan fingerprint density at radius 3 is 2.96 bits per heavy atom. The van der Waals surface area contributed by atoms with Crippen molar-refractivity contribution in [3.63, 3.8) is 0 Å². The lowest BCUT2D eigenvalue weighted by Gasteiger charge is -2.29. The highest BCUT2D eigenvalue weighted by Gasteiger charge is 2.21. The van der Waals surface area contributed by atoms with Crippen LogP contribution in [0.25, 0.3) is 0 Å². The Kier molecular flexibility index (Phi) is 7.06. The maximum absolute atomic E-state index is 12.6. The van der Waals surface area contributed by atoms with E-state index in [1.165, 1.54) is 5.56 Å². The fourth-order valence-corrected chi connectivity index (χ4v) is 2.87. The van der Waals surface area contributed by atoms with Crippen molar-refractivity contribution in [1.29, 1.82) is 0 Å². The molecule has 0 aromatic heterocycles. The SMILES string of the molecule is CCNC(=NCC(=O)N1CCCc2ccccc21)NC(C)COC. The highest BCUT2D eigenvalue weighted by atomic mass is 16.5. The number of carbonyl (C=O) groups is 1. The number of aryl methyl sites for hydroxylation is 1. The van der Waals surface area contributed by atoms with Gasteiger partial charge in [-0.2, -0.15) is 0 Å². The van der Waals surface area contributed by atoms with Crippen molar-refractivity contribution in [1.82, 2.24) is 10.6 Å². The summed E-state index contributed by atoms with van der Waals surface area (Å²) in [5.41, 5.74) is 2.26. The summed E-state index contributed by atoms with van der Waals surface area (Å²) in [6, 6.07) is 8.23. The lowest BCUT2D eigenvalue weighted by atomic mass is 10.0. The van der Waals surface area contributed by atoms with Crippen LogP contribution in [-0.4, -0.2) is 51.3 Å². The number of ether oxygens (including phenoxy) is 1. The molecule has 0 aliphatic carbocycles. The van der Waals surface area contributed by atoms with Crippen molar-refractivity contribution >= 4 is 17.6 Å². The van der Waals surface area contributed by atoms with Gasteiger partial charge in [0.25, 0.3) is 0 Å². The zero-order valence-corrected chi connectivity index (χ0v) is 14.8. The van der Waals surface area contributed by atoms with Gasteiger partial charge < -0.3 is 20.3 Å². The van der Waals surface area contributed by atoms with Crippen molar-refractivity contribution < 1.29 is 9.53 Å². The Morgan fingerprint density at radius 2 is 2.21 bits per heavy atom. The predicted octanol–water partition coefficient (Wildman–Crippen LogP) is 1.56. The second-order valence-corrected chi connectivity index (χ2v) is 5.97. The second-order valence-electron chi connectivity index (χ2n) is 5.97. The third-order valence-corrected chi connectivity index (χ3v) is 3.93. The smallest absolute Gasteiger partial charge is 0.248 e. The molecule has 1 aromatic rings. The van der Waals surface area contributed by atoms with Crippen LogP contribution >= 0.6 is 0 Å². The Balaban J connectivity index is 2.02. The standard InChI is InChI=1S/C18H28N4O2/c1-4-19-18(21-14(2)13-24-3)20-12-17(23)22-11-7-9-15-8-5-6-10-16(15)22/h5-6,8,10,14H,4,7,9,11-13H2,1-3H3,(H2,19,20,21). The number of nitrogens with zero attached hydrogens (tertiary/aromatic N) is 2. The second kappa shape index (κ2) is 9.27. The molecule has 2 rings (SSSR count). The largest absolute Gasteiger partial charge is 0.383 e. The molecule has 1 aliphatic rings. The molecule has 6 heteroatoms. The molecule has 0 fully saturated rings. The van der Waals surface area contributed by atoms with Gasteiger partial charge in [0.15, 0.2) is 5.96 Å². The van der Waals surface area contributed by atoms with Crippen LogP contribution in [0.5, 0.6) is 0 Å². The molecule has 6 nitrogen and oxygen atoms in total. The summed E-state index contributed by atoms with van der Waals surface area (Å²) in [4.78, 5) is 18.9. The number of para-hydroxylation sites is 1. The molecular formula is C18H28N4O2. The van der Waals surface area contributed by atoms with E-state index in [1.807, 2.05) is 36.9 Å². The van der Waals surface area contributed by atoms with E-state index in [0.29, 0.717) is 12.6 Å². The van der Waals surface area contributed by atoms with Gasteiger partial charge in [-0.05, 0) is 38.3 Å². The highest BCUT2D eigenvalue weighted by molar-refractivity contribution is 5.97. The molecule has 132 valence electrons. The molecule has 1 atom stereocenters. The molecule has 0 bridgehead atoms. The summed E-state index contributed by atoms with van der Waals surface area (Å²) in [5.74, 6) is 0.666. The lowest BCUT2D eigenvalue weighted by molar-refractivity contribution is -0.117. The van der Waals surface area contributed by atoms with Gasteiger partial charge in [-0.3, -0.25) is 4.79 Å². The van der Waals surface area contributed by atoms with Gasteiger partial charge >= 0.3 is 0 Å². The van der Waals surface area contributed by atoms with Gasteiger partial charge in [-0.15, -0.1) is 0 Å². The van der Waals surface area contributed by atoms with Crippen molar-refractivity contribution in [2.75, 3.05) is 38.3 Å². The number of carbonyl (C=O) groups excluding carboxylic acids is 1. The summed E-state index contributed by atoms with van der Waals surface area (Å²) in [6.07, 6.45) is 2.03. The molecule has 0 saturated heterocycles. The van der Waals surface area contributed by atoms with E-state index in [-0.39, 0.29) is 18.5 Å². The van der Waals surface area contributed by atoms with Crippen molar-refractivity contribution in [3.8, 4) is 0 Å². The number of rotatable bonds is 6. The van der Waals surface area contributed by atoms with Gasteiger partial charge in [-0.25, -0.2) is 4.99 Å². The number of fused-ring (bicyclic) bond motifs is 1. The first-order valence-corrected chi connectivity index (χ1v) is 8.57. The quantitative estimate of drug-likeness (QED) is 0.613. The van der Waals surface area contributed by atoms with Crippen LogP contribution < -0.4 is 15.5 Å². The normalized spacial score (nSPS) is 15.6. The first kappa shape index (κ1) is 18.3. The minimum Gasteiger partial charge on any atom is -0.383 e. The maximum atomic E-state index is 12.6. The molecule has 2 N–H and O–H groups in total. The fourth-order valence-electron chi connectivity index (χ4n) is 2.87. The summed E-state index contributed by atoms with van der Waals surface area (Å²) in [7, 11) is 1.67. The van der Waals surface area contributed by atoms with Gasteiger partial charge in [0.2, 0.25) is 5.91 Å². The highest BCUT2D eigenvalue weighted by Crippen LogP contribution is 2.26. The minimum absolute atomic E-state index is 0.0266. The number of guanidine groups is 1. The maximum Gasteiger partial charge on any atom is 0.248 e. The van der Waals surface area contributed by atoms with Crippen LogP contribution in [0.3, 0.4) is 0 Å². The molecule has 1 aliphatic heterocycles. The number of methoxy groups -OCH3 is 1. The molecule has 1 unspecified atom stereocenters. The Bertz CT molecular complexity index is 574. The van der Waals surface area contributed by atoms with E-state index in [2.05, 4.69) is 21.7 Å². The van der Waals surface area contributed by atoms with Crippen LogP contribution in [0.2, 0.25) is 0 Å². The van der Waals surface area contributed by atoms with E-state index in [0.717, 1.165) is 31.6 Å². The van der Waals surface area contributed by atoms with Crippen LogP contribution in [0, 0.1) is 0 Å². The number of amides is 1. The number of benzene rings is 1. The average molecular weight is 332 g/mol. The first-order chi connectivity index (χ1) is 11.7. The molecule has 1 aromatic carbocycles. The van der Waals surface area contributed by atoms with Crippen LogP contribution in [0.15, 0.2) is 29.3 Å². The molecule has 0 radical (unpaired) electrons. The van der Waals surface area contributed by atoms with Gasteiger partial charge in [0, 0.05) is 31.9 Å². The monoisotopic (exact) mass is 332 g/mol. The zero-order valence-electron chi connectivity index (χ0n) is 14.8. The van der Waals surface area contributed by atoms with Gasteiger partial charge in [0.05, 0.1) is 6.61 Å². The average Bonchev–Trinajstić information content (AvgIpc) is 2.59. The van der Waals surface area contributed by atoms with E-state index in [1.54, 1.807) is 7.11 Å². The summed E-state index contributed by atoms with van der Waals surface area (Å²) < 4.78 is 5.12. The first-order valence-electron chi connectivity index (χ1n) is 8.57. The van der Waals surface area contributed by atoms with Crippen molar-refractivity contribution in [2.45, 2.75) is 32.7 Å². The van der Waals surface area contributed by atoms with Crippen LogP contribution in [0.4, 0.5) is 5.69 Å². The molecular weight excluding hydrogens is 304 g/mol. The number of aliphatic imine (C=N–C) groups is 1. The number of nitrogens with one attached hydrogen (secondary N) is 2. The molecule has 1 amide bonds. The summed E-state index contributed by atoms with van der Waals surface area (Å²) in [5, 5.41) is 6.40. The van der Waals surface area contributed by atoms with Gasteiger partial charge in [-0.1, -0.05) is 18.2 Å². The molecule has 0 spiro atoms. The van der Waals surface area contributed by atoms with Crippen molar-refractivity contribution in [3.05, 3.63) is 29.8 Å². The Labute approximate surface area is 144 Å². The summed E-state index contributed by atoms with van der Waals surface area (Å²) >= 11 is 0. The van der Waals surface area contributed by atoms with E-state index in [4.69, 9.17) is 4.74 Å². The Hall–Kier alpha value is -2.08. The third-order valence-electron chi connectivity index (χ3n) is 3.93. The molecule has 1 heterocycles. The van der Waals surface area contributed by atoms with E-state index < -0.39 is 0 Å². The lowest BCUT2D eigenvalue weighted by Crippen LogP contribution is -2.45. The predicted molar refractivity (Wildman–Crippen MR) is 97.6 cm³/mol. The third kappa shape index (κ3) is 4.96. The molecule has 0 saturated carbocycles. The zero-order chi connectivity index (χ0) is 17.4. The number of anilines is 1. The Morgan fingerprint density at radius 1 is 1.42 bits per heavy atom. The molecule has 24 heavy (non-hydrogen) atoms. The van der Waals surface area contributed by atoms with Gasteiger partial charge in [0.1, 0.15) is 6.54 Å². The summed E-state index contributed by atoms with van der Waals surface area (Å²) in [6.45, 7) is 6.23. The van der Waals surface area contributed by atoms with E-state index >= 15 is 0 Å². The number of hydrogen-bond acceptors (Lipinski definition) is 3. The van der Waals surface area contributed by atoms with E-state index in [9.17, 15) is 4.79 Å². The minimum atomic E-state index is 0.0266. The topological polar surface area (TPSA) is 66.0 Å². The van der Waals surface area contributed by atoms with Crippen LogP contribution in [0.1, 0.15) is 25.8 Å². The van der Waals surface area contributed by atoms with Crippen molar-refractivity contribution in [2.24, 2.45) is 4.99 Å². The van der Waals surface area contributed by atoms with Crippen LogP contribution in [-0.2, 0) is 16.0 Å². The fraction of sp³-hybridized carbons (Fsp3) is 0.556.